The molecule has 0 spiro atoms. The molecule has 0 aromatic heterocycles. The van der Waals surface area contributed by atoms with Gasteiger partial charge in [0.15, 0.2) is 24.6 Å². The lowest BCUT2D eigenvalue weighted by Crippen LogP contribution is -2.53. The minimum Gasteiger partial charge on any atom is -0.453 e. The molecule has 2 heterocycles. The minimum atomic E-state index is -0.665. The Bertz CT molecular complexity index is 306. The molecule has 2 rings (SSSR count). The molecule has 0 unspecified atom stereocenters. The van der Waals surface area contributed by atoms with Crippen LogP contribution in [0, 0.1) is 0 Å². The molecule has 0 amide bonds. The molecule has 2 fully saturated rings. The van der Waals surface area contributed by atoms with Crippen molar-refractivity contribution in [1.29, 1.82) is 0 Å². The average molecular weight is 248 g/mol. The number of thiocarbonyl (C=S) groups is 1. The van der Waals surface area contributed by atoms with Crippen molar-refractivity contribution < 1.29 is 28.5 Å². The van der Waals surface area contributed by atoms with Crippen LogP contribution in [0.25, 0.3) is 0 Å². The molecule has 0 aliphatic carbocycles. The second-order valence-electron chi connectivity index (χ2n) is 3.50. The third-order valence-corrected chi connectivity index (χ3v) is 2.59. The van der Waals surface area contributed by atoms with Gasteiger partial charge in [0.2, 0.25) is 0 Å². The molecule has 16 heavy (non-hydrogen) atoms. The van der Waals surface area contributed by atoms with Crippen LogP contribution in [0.5, 0.6) is 0 Å². The molecule has 0 radical (unpaired) electrons. The molecule has 2 saturated heterocycles. The van der Waals surface area contributed by atoms with Gasteiger partial charge in [-0.1, -0.05) is 0 Å². The van der Waals surface area contributed by atoms with E-state index in [0.29, 0.717) is 6.61 Å². The zero-order chi connectivity index (χ0) is 11.7. The highest BCUT2D eigenvalue weighted by molar-refractivity contribution is 7.79. The SMILES string of the molecule is CO[C@H]1OC[C@@H]2OC(=S)O[C@@H]2[C@H]1OC(C)=O. The van der Waals surface area contributed by atoms with Crippen LogP contribution in [0.2, 0.25) is 0 Å². The van der Waals surface area contributed by atoms with Crippen LogP contribution < -0.4 is 0 Å². The van der Waals surface area contributed by atoms with Crippen molar-refractivity contribution in [2.24, 2.45) is 0 Å². The van der Waals surface area contributed by atoms with E-state index in [1.54, 1.807) is 0 Å². The second-order valence-corrected chi connectivity index (χ2v) is 3.83. The topological polar surface area (TPSA) is 63.2 Å². The molecule has 90 valence electrons. The number of esters is 1. The van der Waals surface area contributed by atoms with Gasteiger partial charge in [0, 0.05) is 26.3 Å². The minimum absolute atomic E-state index is 0.0486. The quantitative estimate of drug-likeness (QED) is 0.503. The first-order valence-electron chi connectivity index (χ1n) is 4.80. The summed E-state index contributed by atoms with van der Waals surface area (Å²) in [6.45, 7) is 1.60. The molecule has 6 nitrogen and oxygen atoms in total. The van der Waals surface area contributed by atoms with Gasteiger partial charge >= 0.3 is 11.2 Å². The molecule has 0 N–H and O–H groups in total. The van der Waals surface area contributed by atoms with Crippen molar-refractivity contribution in [3.05, 3.63) is 0 Å². The van der Waals surface area contributed by atoms with Gasteiger partial charge in [0.1, 0.15) is 0 Å². The Kier molecular flexibility index (Phi) is 3.27. The van der Waals surface area contributed by atoms with Gasteiger partial charge < -0.3 is 23.7 Å². The molecule has 2 aliphatic rings. The smallest absolute Gasteiger partial charge is 0.353 e. The Labute approximate surface area is 97.7 Å². The van der Waals surface area contributed by atoms with Gasteiger partial charge in [-0.15, -0.1) is 0 Å². The maximum Gasteiger partial charge on any atom is 0.353 e. The number of carbonyl (C=O) groups excluding carboxylic acids is 1. The van der Waals surface area contributed by atoms with Crippen LogP contribution in [0.4, 0.5) is 0 Å². The Balaban J connectivity index is 2.12. The van der Waals surface area contributed by atoms with Gasteiger partial charge in [-0.3, -0.25) is 4.79 Å². The van der Waals surface area contributed by atoms with Gasteiger partial charge in [-0.05, 0) is 0 Å². The Morgan fingerprint density at radius 3 is 2.88 bits per heavy atom. The average Bonchev–Trinajstić information content (AvgIpc) is 2.59. The number of fused-ring (bicyclic) bond motifs is 1. The number of methoxy groups -OCH3 is 1. The first-order valence-corrected chi connectivity index (χ1v) is 5.21. The van der Waals surface area contributed by atoms with Crippen LogP contribution in [-0.2, 0) is 28.5 Å². The summed E-state index contributed by atoms with van der Waals surface area (Å²) in [5, 5.41) is 0.0486. The van der Waals surface area contributed by atoms with E-state index in [9.17, 15) is 4.79 Å². The van der Waals surface area contributed by atoms with Crippen molar-refractivity contribution in [3.63, 3.8) is 0 Å². The number of hydrogen-bond acceptors (Lipinski definition) is 7. The number of ether oxygens (including phenoxy) is 5. The van der Waals surface area contributed by atoms with Crippen molar-refractivity contribution in [3.8, 4) is 0 Å². The van der Waals surface area contributed by atoms with Gasteiger partial charge in [0.05, 0.1) is 6.61 Å². The summed E-state index contributed by atoms with van der Waals surface area (Å²) in [6, 6.07) is 0. The highest BCUT2D eigenvalue weighted by Gasteiger charge is 2.50. The highest BCUT2D eigenvalue weighted by atomic mass is 32.1. The maximum absolute atomic E-state index is 11.0. The number of rotatable bonds is 2. The molecule has 7 heteroatoms. The summed E-state index contributed by atoms with van der Waals surface area (Å²) < 4.78 is 26.0. The van der Waals surface area contributed by atoms with Crippen molar-refractivity contribution in [2.75, 3.05) is 13.7 Å². The number of hydrogen-bond donors (Lipinski definition) is 0. The second kappa shape index (κ2) is 4.52. The summed E-state index contributed by atoms with van der Waals surface area (Å²) in [5.41, 5.74) is 0. The zero-order valence-electron chi connectivity index (χ0n) is 8.87. The Morgan fingerprint density at radius 2 is 2.25 bits per heavy atom. The van der Waals surface area contributed by atoms with Crippen LogP contribution >= 0.6 is 12.2 Å². The number of carbonyl (C=O) groups is 1. The van der Waals surface area contributed by atoms with Crippen LogP contribution in [-0.4, -0.2) is 49.5 Å². The van der Waals surface area contributed by atoms with E-state index < -0.39 is 24.5 Å². The van der Waals surface area contributed by atoms with Gasteiger partial charge in [-0.25, -0.2) is 0 Å². The van der Waals surface area contributed by atoms with Crippen LogP contribution in [0.3, 0.4) is 0 Å². The third kappa shape index (κ3) is 2.11. The van der Waals surface area contributed by atoms with Crippen molar-refractivity contribution in [1.82, 2.24) is 0 Å². The van der Waals surface area contributed by atoms with Crippen LogP contribution in [0.15, 0.2) is 0 Å². The summed E-state index contributed by atoms with van der Waals surface area (Å²) >= 11 is 4.79. The molecule has 0 saturated carbocycles. The molecule has 0 aromatic rings. The lowest BCUT2D eigenvalue weighted by atomic mass is 10.1. The van der Waals surface area contributed by atoms with Gasteiger partial charge in [-0.2, -0.15) is 0 Å². The molecule has 0 aromatic carbocycles. The molecular weight excluding hydrogens is 236 g/mol. The van der Waals surface area contributed by atoms with E-state index in [2.05, 4.69) is 0 Å². The maximum atomic E-state index is 11.0. The van der Waals surface area contributed by atoms with E-state index >= 15 is 0 Å². The highest BCUT2D eigenvalue weighted by Crippen LogP contribution is 2.28. The fourth-order valence-corrected chi connectivity index (χ4v) is 2.00. The standard InChI is InChI=1S/C9H12O6S/c1-4(10)13-7-6-5(14-9(16)15-6)3-12-8(7)11-2/h5-8H,3H2,1-2H3/t5-,6-,7+,8-/m0/s1. The monoisotopic (exact) mass is 248 g/mol. The fourth-order valence-electron chi connectivity index (χ4n) is 1.77. The molecular formula is C9H12O6S. The van der Waals surface area contributed by atoms with E-state index in [-0.39, 0.29) is 11.3 Å². The summed E-state index contributed by atoms with van der Waals surface area (Å²) in [5.74, 6) is -0.433. The predicted molar refractivity (Wildman–Crippen MR) is 54.6 cm³/mol. The Morgan fingerprint density at radius 1 is 1.50 bits per heavy atom. The van der Waals surface area contributed by atoms with Gasteiger partial charge in [0.25, 0.3) is 0 Å². The van der Waals surface area contributed by atoms with Crippen LogP contribution in [0.1, 0.15) is 6.92 Å². The third-order valence-electron chi connectivity index (χ3n) is 2.40. The summed E-state index contributed by atoms with van der Waals surface area (Å²) in [6.07, 6.45) is -2.13. The predicted octanol–water partition coefficient (Wildman–Crippen LogP) is -0.0103. The first kappa shape index (κ1) is 11.6. The zero-order valence-corrected chi connectivity index (χ0v) is 9.69. The van der Waals surface area contributed by atoms with E-state index in [4.69, 9.17) is 35.9 Å². The first-order chi connectivity index (χ1) is 7.61. The molecule has 2 aliphatic heterocycles. The largest absolute Gasteiger partial charge is 0.453 e. The van der Waals surface area contributed by atoms with E-state index in [0.717, 1.165) is 0 Å². The summed E-state index contributed by atoms with van der Waals surface area (Å²) in [4.78, 5) is 11.0. The molecule has 4 atom stereocenters. The fraction of sp³-hybridized carbons (Fsp3) is 0.778. The lowest BCUT2D eigenvalue weighted by Gasteiger charge is -2.34. The van der Waals surface area contributed by atoms with E-state index in [1.807, 2.05) is 0 Å². The summed E-state index contributed by atoms with van der Waals surface area (Å²) in [7, 11) is 1.47. The van der Waals surface area contributed by atoms with Crippen molar-refractivity contribution in [2.45, 2.75) is 31.5 Å². The Hall–Kier alpha value is -0.920. The van der Waals surface area contributed by atoms with E-state index in [1.165, 1.54) is 14.0 Å². The normalized spacial score (nSPS) is 37.2. The van der Waals surface area contributed by atoms with Crippen molar-refractivity contribution >= 4 is 23.4 Å². The molecule has 0 bridgehead atoms. The lowest BCUT2D eigenvalue weighted by molar-refractivity contribution is -0.249.